The third kappa shape index (κ3) is 2.10. The molecule has 0 saturated heterocycles. The zero-order valence-corrected chi connectivity index (χ0v) is 9.39. The van der Waals surface area contributed by atoms with Crippen molar-refractivity contribution in [2.45, 2.75) is 20.4 Å². The predicted molar refractivity (Wildman–Crippen MR) is 60.3 cm³/mol. The molecule has 84 valence electrons. The zero-order chi connectivity index (χ0) is 11.5. The van der Waals surface area contributed by atoms with Gasteiger partial charge in [0.15, 0.2) is 5.82 Å². The van der Waals surface area contributed by atoms with E-state index in [1.54, 1.807) is 24.5 Å². The molecule has 0 aliphatic rings. The number of aromatic nitrogens is 3. The number of hydrogen-bond acceptors (Lipinski definition) is 2. The Morgan fingerprint density at radius 1 is 1.31 bits per heavy atom. The van der Waals surface area contributed by atoms with Gasteiger partial charge in [-0.2, -0.15) is 0 Å². The largest absolute Gasteiger partial charge is 0.313 e. The molecule has 0 amide bonds. The Hall–Kier alpha value is -1.71. The standard InChI is InChI=1S/C12H14FN3/c1-9(2)7-16-8-14-15-12(16)10-5-3-4-6-11(10)13/h3-6,8-9H,7H2,1-2H3. The van der Waals surface area contributed by atoms with Crippen LogP contribution in [0, 0.1) is 11.7 Å². The van der Waals surface area contributed by atoms with Crippen LogP contribution >= 0.6 is 0 Å². The van der Waals surface area contributed by atoms with E-state index in [-0.39, 0.29) is 5.82 Å². The van der Waals surface area contributed by atoms with Gasteiger partial charge in [0.25, 0.3) is 0 Å². The Morgan fingerprint density at radius 3 is 2.75 bits per heavy atom. The lowest BCUT2D eigenvalue weighted by atomic mass is 10.2. The number of hydrogen-bond donors (Lipinski definition) is 0. The van der Waals surface area contributed by atoms with Crippen LogP contribution < -0.4 is 0 Å². The first-order valence-corrected chi connectivity index (χ1v) is 5.31. The van der Waals surface area contributed by atoms with E-state index in [9.17, 15) is 4.39 Å². The van der Waals surface area contributed by atoms with Crippen LogP contribution in [-0.2, 0) is 6.54 Å². The molecule has 0 bridgehead atoms. The van der Waals surface area contributed by atoms with Crippen molar-refractivity contribution in [1.82, 2.24) is 14.8 Å². The fourth-order valence-corrected chi connectivity index (χ4v) is 1.63. The van der Waals surface area contributed by atoms with Crippen molar-refractivity contribution in [2.24, 2.45) is 5.92 Å². The second kappa shape index (κ2) is 4.43. The van der Waals surface area contributed by atoms with Crippen LogP contribution in [0.15, 0.2) is 30.6 Å². The van der Waals surface area contributed by atoms with E-state index in [0.29, 0.717) is 17.3 Å². The second-order valence-electron chi connectivity index (χ2n) is 4.18. The average molecular weight is 219 g/mol. The SMILES string of the molecule is CC(C)Cn1cnnc1-c1ccccc1F. The van der Waals surface area contributed by atoms with Crippen molar-refractivity contribution < 1.29 is 4.39 Å². The van der Waals surface area contributed by atoms with Crippen LogP contribution in [0.4, 0.5) is 4.39 Å². The van der Waals surface area contributed by atoms with Gasteiger partial charge in [0.2, 0.25) is 0 Å². The molecule has 0 N–H and O–H groups in total. The van der Waals surface area contributed by atoms with Gasteiger partial charge >= 0.3 is 0 Å². The lowest BCUT2D eigenvalue weighted by molar-refractivity contribution is 0.523. The normalized spacial score (nSPS) is 11.0. The first kappa shape index (κ1) is 10.8. The molecule has 4 heteroatoms. The summed E-state index contributed by atoms with van der Waals surface area (Å²) in [6.45, 7) is 4.99. The first-order chi connectivity index (χ1) is 7.68. The summed E-state index contributed by atoms with van der Waals surface area (Å²) in [4.78, 5) is 0. The monoisotopic (exact) mass is 219 g/mol. The van der Waals surface area contributed by atoms with Gasteiger partial charge in [0.05, 0.1) is 5.56 Å². The minimum absolute atomic E-state index is 0.263. The van der Waals surface area contributed by atoms with Crippen LogP contribution in [0.5, 0.6) is 0 Å². The van der Waals surface area contributed by atoms with Crippen molar-refractivity contribution in [3.63, 3.8) is 0 Å². The molecule has 2 rings (SSSR count). The maximum atomic E-state index is 13.6. The molecule has 0 radical (unpaired) electrons. The molecule has 16 heavy (non-hydrogen) atoms. The van der Waals surface area contributed by atoms with Gasteiger partial charge in [0, 0.05) is 6.54 Å². The number of benzene rings is 1. The molecule has 3 nitrogen and oxygen atoms in total. The highest BCUT2D eigenvalue weighted by Gasteiger charge is 2.11. The first-order valence-electron chi connectivity index (χ1n) is 5.31. The molecule has 1 aromatic carbocycles. The van der Waals surface area contributed by atoms with Crippen molar-refractivity contribution in [3.05, 3.63) is 36.4 Å². The summed E-state index contributed by atoms with van der Waals surface area (Å²) in [6.07, 6.45) is 1.64. The summed E-state index contributed by atoms with van der Waals surface area (Å²) >= 11 is 0. The molecule has 0 aliphatic carbocycles. The van der Waals surface area contributed by atoms with Crippen molar-refractivity contribution in [3.8, 4) is 11.4 Å². The topological polar surface area (TPSA) is 30.7 Å². The van der Waals surface area contributed by atoms with Gasteiger partial charge in [-0.25, -0.2) is 4.39 Å². The Labute approximate surface area is 93.9 Å². The number of rotatable bonds is 3. The molecule has 0 saturated carbocycles. The fraction of sp³-hybridized carbons (Fsp3) is 0.333. The third-order valence-corrected chi connectivity index (χ3v) is 2.29. The number of halogens is 1. The van der Waals surface area contributed by atoms with Crippen molar-refractivity contribution >= 4 is 0 Å². The van der Waals surface area contributed by atoms with E-state index < -0.39 is 0 Å². The van der Waals surface area contributed by atoms with Crippen LogP contribution in [0.25, 0.3) is 11.4 Å². The Balaban J connectivity index is 2.41. The highest BCUT2D eigenvalue weighted by molar-refractivity contribution is 5.55. The van der Waals surface area contributed by atoms with Crippen molar-refractivity contribution in [1.29, 1.82) is 0 Å². The highest BCUT2D eigenvalue weighted by Crippen LogP contribution is 2.20. The highest BCUT2D eigenvalue weighted by atomic mass is 19.1. The Morgan fingerprint density at radius 2 is 2.06 bits per heavy atom. The molecule has 0 spiro atoms. The van der Waals surface area contributed by atoms with E-state index in [2.05, 4.69) is 24.0 Å². The Bertz CT molecular complexity index is 477. The van der Waals surface area contributed by atoms with E-state index in [4.69, 9.17) is 0 Å². The second-order valence-corrected chi connectivity index (χ2v) is 4.18. The molecule has 0 aliphatic heterocycles. The maximum absolute atomic E-state index is 13.6. The van der Waals surface area contributed by atoms with E-state index >= 15 is 0 Å². The summed E-state index contributed by atoms with van der Waals surface area (Å²) in [7, 11) is 0. The van der Waals surface area contributed by atoms with Crippen molar-refractivity contribution in [2.75, 3.05) is 0 Å². The lowest BCUT2D eigenvalue weighted by Crippen LogP contribution is -2.05. The minimum Gasteiger partial charge on any atom is -0.313 e. The summed E-state index contributed by atoms with van der Waals surface area (Å²) in [5.74, 6) is 0.800. The van der Waals surface area contributed by atoms with E-state index in [1.165, 1.54) is 6.07 Å². The molecule has 0 fully saturated rings. The average Bonchev–Trinajstić information content (AvgIpc) is 2.66. The summed E-state index contributed by atoms with van der Waals surface area (Å²) in [5.41, 5.74) is 0.501. The van der Waals surface area contributed by atoms with Gasteiger partial charge in [-0.1, -0.05) is 26.0 Å². The predicted octanol–water partition coefficient (Wildman–Crippen LogP) is 2.74. The van der Waals surface area contributed by atoms with Crippen LogP contribution in [0.1, 0.15) is 13.8 Å². The van der Waals surface area contributed by atoms with Crippen LogP contribution in [-0.4, -0.2) is 14.8 Å². The number of nitrogens with zero attached hydrogens (tertiary/aromatic N) is 3. The minimum atomic E-state index is -0.263. The molecule has 0 atom stereocenters. The lowest BCUT2D eigenvalue weighted by Gasteiger charge is -2.09. The maximum Gasteiger partial charge on any atom is 0.166 e. The van der Waals surface area contributed by atoms with Gasteiger partial charge in [0.1, 0.15) is 12.1 Å². The van der Waals surface area contributed by atoms with Gasteiger partial charge in [-0.15, -0.1) is 10.2 Å². The zero-order valence-electron chi connectivity index (χ0n) is 9.39. The molecule has 1 heterocycles. The molecular weight excluding hydrogens is 205 g/mol. The van der Waals surface area contributed by atoms with Crippen LogP contribution in [0.3, 0.4) is 0 Å². The van der Waals surface area contributed by atoms with Gasteiger partial charge in [-0.3, -0.25) is 0 Å². The van der Waals surface area contributed by atoms with Gasteiger partial charge < -0.3 is 4.57 Å². The van der Waals surface area contributed by atoms with E-state index in [1.807, 2.05) is 4.57 Å². The van der Waals surface area contributed by atoms with Crippen LogP contribution in [0.2, 0.25) is 0 Å². The Kier molecular flexibility index (Phi) is 2.99. The molecule has 0 unspecified atom stereocenters. The molecular formula is C12H14FN3. The summed E-state index contributed by atoms with van der Waals surface area (Å²) in [5, 5.41) is 7.81. The quantitative estimate of drug-likeness (QED) is 0.794. The van der Waals surface area contributed by atoms with E-state index in [0.717, 1.165) is 6.54 Å². The summed E-state index contributed by atoms with van der Waals surface area (Å²) in [6, 6.07) is 6.62. The smallest absolute Gasteiger partial charge is 0.166 e. The third-order valence-electron chi connectivity index (χ3n) is 2.29. The molecule has 1 aromatic heterocycles. The fourth-order valence-electron chi connectivity index (χ4n) is 1.63. The van der Waals surface area contributed by atoms with Gasteiger partial charge in [-0.05, 0) is 18.1 Å². The molecule has 2 aromatic rings. The summed E-state index contributed by atoms with van der Waals surface area (Å²) < 4.78 is 15.5.